The molecule has 1 heterocycles. The van der Waals surface area contributed by atoms with Crippen LogP contribution in [0.1, 0.15) is 19.3 Å². The topological polar surface area (TPSA) is 12.0 Å². The van der Waals surface area contributed by atoms with Gasteiger partial charge in [-0.1, -0.05) is 12.2 Å². The van der Waals surface area contributed by atoms with E-state index in [2.05, 4.69) is 11.9 Å². The maximum Gasteiger partial charge on any atom is 0.0162 e. The Morgan fingerprint density at radius 1 is 1.30 bits per heavy atom. The maximum absolute atomic E-state index is 4.01. The summed E-state index contributed by atoms with van der Waals surface area (Å²) in [4.78, 5) is 0. The molecule has 1 aliphatic heterocycles. The highest BCUT2D eigenvalue weighted by Gasteiger charge is 2.32. The lowest BCUT2D eigenvalue weighted by atomic mass is 9.92. The third-order valence-electron chi connectivity index (χ3n) is 2.62. The van der Waals surface area contributed by atoms with E-state index in [1.54, 1.807) is 0 Å². The first-order valence-electron chi connectivity index (χ1n) is 4.23. The summed E-state index contributed by atoms with van der Waals surface area (Å²) in [6.07, 6.45) is 4.23. The van der Waals surface area contributed by atoms with Gasteiger partial charge >= 0.3 is 0 Å². The van der Waals surface area contributed by atoms with Crippen molar-refractivity contribution >= 4 is 0 Å². The maximum atomic E-state index is 4.01. The molecule has 1 atom stereocenters. The van der Waals surface area contributed by atoms with Gasteiger partial charge in [0.25, 0.3) is 0 Å². The van der Waals surface area contributed by atoms with E-state index in [4.69, 9.17) is 0 Å². The Hall–Kier alpha value is -0.300. The number of rotatable bonds is 1. The van der Waals surface area contributed by atoms with Gasteiger partial charge in [-0.25, -0.2) is 0 Å². The van der Waals surface area contributed by atoms with E-state index in [1.807, 2.05) is 0 Å². The van der Waals surface area contributed by atoms with Crippen LogP contribution in [0.3, 0.4) is 0 Å². The van der Waals surface area contributed by atoms with E-state index in [1.165, 1.54) is 31.4 Å². The van der Waals surface area contributed by atoms with Crippen LogP contribution in [-0.2, 0) is 0 Å². The number of nitrogens with one attached hydrogen (secondary N) is 1. The van der Waals surface area contributed by atoms with Gasteiger partial charge < -0.3 is 5.32 Å². The zero-order valence-electron chi connectivity index (χ0n) is 6.40. The summed E-state index contributed by atoms with van der Waals surface area (Å²) >= 11 is 0. The molecule has 0 aromatic heterocycles. The van der Waals surface area contributed by atoms with E-state index >= 15 is 0 Å². The van der Waals surface area contributed by atoms with Gasteiger partial charge in [-0.2, -0.15) is 0 Å². The SMILES string of the molecule is C=C1CNCC(C2CC2)C1. The second-order valence-corrected chi connectivity index (χ2v) is 3.68. The Morgan fingerprint density at radius 2 is 2.10 bits per heavy atom. The summed E-state index contributed by atoms with van der Waals surface area (Å²) in [6.45, 7) is 6.31. The molecular weight excluding hydrogens is 122 g/mol. The molecule has 56 valence electrons. The normalized spacial score (nSPS) is 34.4. The molecule has 2 fully saturated rings. The lowest BCUT2D eigenvalue weighted by molar-refractivity contribution is 0.393. The van der Waals surface area contributed by atoms with Crippen LogP contribution >= 0.6 is 0 Å². The summed E-state index contributed by atoms with van der Waals surface area (Å²) in [5.41, 5.74) is 1.41. The molecule has 2 aliphatic rings. The van der Waals surface area contributed by atoms with Crippen LogP contribution in [0, 0.1) is 11.8 Å². The summed E-state index contributed by atoms with van der Waals surface area (Å²) in [7, 11) is 0. The lowest BCUT2D eigenvalue weighted by Gasteiger charge is -2.24. The van der Waals surface area contributed by atoms with Crippen LogP contribution in [-0.4, -0.2) is 13.1 Å². The first-order chi connectivity index (χ1) is 4.86. The van der Waals surface area contributed by atoms with Crippen molar-refractivity contribution in [3.63, 3.8) is 0 Å². The smallest absolute Gasteiger partial charge is 0.0162 e. The fourth-order valence-electron chi connectivity index (χ4n) is 1.85. The first-order valence-corrected chi connectivity index (χ1v) is 4.23. The van der Waals surface area contributed by atoms with Crippen LogP contribution in [0.25, 0.3) is 0 Å². The van der Waals surface area contributed by atoms with Crippen molar-refractivity contribution in [1.82, 2.24) is 5.32 Å². The minimum Gasteiger partial charge on any atom is -0.313 e. The van der Waals surface area contributed by atoms with Crippen molar-refractivity contribution in [2.75, 3.05) is 13.1 Å². The lowest BCUT2D eigenvalue weighted by Crippen LogP contribution is -2.32. The minimum atomic E-state index is 0.932. The molecule has 0 amide bonds. The zero-order chi connectivity index (χ0) is 6.97. The molecule has 1 unspecified atom stereocenters. The molecule has 2 rings (SSSR count). The van der Waals surface area contributed by atoms with Gasteiger partial charge in [0.15, 0.2) is 0 Å². The molecule has 0 aromatic rings. The van der Waals surface area contributed by atoms with Crippen LogP contribution < -0.4 is 5.32 Å². The molecule has 10 heavy (non-hydrogen) atoms. The Morgan fingerprint density at radius 3 is 2.70 bits per heavy atom. The highest BCUT2D eigenvalue weighted by atomic mass is 14.9. The van der Waals surface area contributed by atoms with Crippen LogP contribution in [0.4, 0.5) is 0 Å². The zero-order valence-corrected chi connectivity index (χ0v) is 6.40. The van der Waals surface area contributed by atoms with Crippen molar-refractivity contribution in [2.24, 2.45) is 11.8 Å². The Kier molecular flexibility index (Phi) is 1.53. The van der Waals surface area contributed by atoms with Crippen LogP contribution in [0.15, 0.2) is 12.2 Å². The summed E-state index contributed by atoms with van der Waals surface area (Å²) < 4.78 is 0. The van der Waals surface area contributed by atoms with Gasteiger partial charge in [0.2, 0.25) is 0 Å². The Balaban J connectivity index is 1.89. The Bertz CT molecular complexity index is 147. The average Bonchev–Trinajstić information content (AvgIpc) is 2.68. The van der Waals surface area contributed by atoms with Gasteiger partial charge in [-0.05, 0) is 37.6 Å². The third-order valence-corrected chi connectivity index (χ3v) is 2.62. The van der Waals surface area contributed by atoms with Gasteiger partial charge in [0, 0.05) is 6.54 Å². The molecular formula is C9H15N. The van der Waals surface area contributed by atoms with Gasteiger partial charge in [-0.3, -0.25) is 0 Å². The van der Waals surface area contributed by atoms with Crippen molar-refractivity contribution < 1.29 is 0 Å². The summed E-state index contributed by atoms with van der Waals surface area (Å²) in [5.74, 6) is 1.98. The fourth-order valence-corrected chi connectivity index (χ4v) is 1.85. The number of piperidine rings is 1. The van der Waals surface area contributed by atoms with E-state index in [0.717, 1.165) is 18.4 Å². The molecule has 0 spiro atoms. The molecule has 1 nitrogen and oxygen atoms in total. The second kappa shape index (κ2) is 2.39. The molecule has 1 heteroatoms. The van der Waals surface area contributed by atoms with Gasteiger partial charge in [-0.15, -0.1) is 0 Å². The third kappa shape index (κ3) is 1.24. The molecule has 1 saturated heterocycles. The van der Waals surface area contributed by atoms with E-state index in [0.29, 0.717) is 0 Å². The molecule has 1 saturated carbocycles. The Labute approximate surface area is 62.5 Å². The average molecular weight is 137 g/mol. The highest BCUT2D eigenvalue weighted by Crippen LogP contribution is 2.40. The number of hydrogen-bond donors (Lipinski definition) is 1. The van der Waals surface area contributed by atoms with Gasteiger partial charge in [0.1, 0.15) is 0 Å². The van der Waals surface area contributed by atoms with Crippen molar-refractivity contribution in [1.29, 1.82) is 0 Å². The molecule has 0 radical (unpaired) electrons. The monoisotopic (exact) mass is 137 g/mol. The van der Waals surface area contributed by atoms with E-state index < -0.39 is 0 Å². The fraction of sp³-hybridized carbons (Fsp3) is 0.778. The standard InChI is InChI=1S/C9H15N/c1-7-4-9(6-10-5-7)8-2-3-8/h8-10H,1-6H2. The first kappa shape index (κ1) is 6.41. The van der Waals surface area contributed by atoms with Crippen LogP contribution in [0.5, 0.6) is 0 Å². The largest absolute Gasteiger partial charge is 0.313 e. The molecule has 1 N–H and O–H groups in total. The minimum absolute atomic E-state index is 0.932. The van der Waals surface area contributed by atoms with Gasteiger partial charge in [0.05, 0.1) is 0 Å². The number of hydrogen-bond acceptors (Lipinski definition) is 1. The summed E-state index contributed by atoms with van der Waals surface area (Å²) in [5, 5.41) is 3.41. The van der Waals surface area contributed by atoms with Crippen LogP contribution in [0.2, 0.25) is 0 Å². The molecule has 0 bridgehead atoms. The van der Waals surface area contributed by atoms with E-state index in [9.17, 15) is 0 Å². The highest BCUT2D eigenvalue weighted by molar-refractivity contribution is 5.04. The van der Waals surface area contributed by atoms with Crippen molar-refractivity contribution in [2.45, 2.75) is 19.3 Å². The summed E-state index contributed by atoms with van der Waals surface area (Å²) in [6, 6.07) is 0. The molecule has 0 aromatic carbocycles. The quantitative estimate of drug-likeness (QED) is 0.541. The van der Waals surface area contributed by atoms with Crippen molar-refractivity contribution in [3.05, 3.63) is 12.2 Å². The predicted octanol–water partition coefficient (Wildman–Crippen LogP) is 1.56. The second-order valence-electron chi connectivity index (χ2n) is 3.68. The molecule has 1 aliphatic carbocycles. The van der Waals surface area contributed by atoms with E-state index in [-0.39, 0.29) is 0 Å². The van der Waals surface area contributed by atoms with Crippen molar-refractivity contribution in [3.8, 4) is 0 Å². The predicted molar refractivity (Wildman–Crippen MR) is 42.8 cm³/mol.